The van der Waals surface area contributed by atoms with Gasteiger partial charge in [0.2, 0.25) is 0 Å². The van der Waals surface area contributed by atoms with E-state index in [4.69, 9.17) is 18.5 Å². The van der Waals surface area contributed by atoms with Crippen LogP contribution >= 0.6 is 7.82 Å². The minimum Gasteiger partial charge on any atom is -0.462 e. The highest BCUT2D eigenvalue weighted by molar-refractivity contribution is 7.47. The highest BCUT2D eigenvalue weighted by Crippen LogP contribution is 2.47. The molecular weight excluding hydrogens is 791 g/mol. The van der Waals surface area contributed by atoms with E-state index in [0.29, 0.717) is 12.8 Å². The molecule has 6 atom stereocenters. The van der Waals surface area contributed by atoms with Crippen LogP contribution in [-0.2, 0) is 32.7 Å². The molecule has 1 aliphatic carbocycles. The van der Waals surface area contributed by atoms with Gasteiger partial charge in [-0.25, -0.2) is 4.57 Å². The van der Waals surface area contributed by atoms with Gasteiger partial charge in [0.05, 0.1) is 6.61 Å². The number of hydrogen-bond acceptors (Lipinski definition) is 12. The minimum absolute atomic E-state index is 0.0688. The van der Waals surface area contributed by atoms with E-state index >= 15 is 0 Å². The van der Waals surface area contributed by atoms with Gasteiger partial charge in [-0.2, -0.15) is 0 Å². The van der Waals surface area contributed by atoms with E-state index in [1.807, 2.05) is 0 Å². The summed E-state index contributed by atoms with van der Waals surface area (Å²) in [5.74, 6) is -1.13. The van der Waals surface area contributed by atoms with Crippen molar-refractivity contribution in [2.24, 2.45) is 0 Å². The first-order chi connectivity index (χ1) is 28.9. The summed E-state index contributed by atoms with van der Waals surface area (Å²) in [6.45, 7) is 3.16. The maximum Gasteiger partial charge on any atom is 0.472 e. The Morgan fingerprint density at radius 3 is 1.45 bits per heavy atom. The molecule has 13 nitrogen and oxygen atoms in total. The lowest BCUT2D eigenvalue weighted by Gasteiger charge is -2.41. The number of ether oxygens (including phenoxy) is 2. The second-order valence-electron chi connectivity index (χ2n) is 15.9. The Labute approximate surface area is 360 Å². The fourth-order valence-electron chi connectivity index (χ4n) is 6.75. The van der Waals surface area contributed by atoms with Gasteiger partial charge in [-0.15, -0.1) is 0 Å². The van der Waals surface area contributed by atoms with Crippen LogP contribution in [0.4, 0.5) is 0 Å². The Morgan fingerprint density at radius 1 is 0.533 bits per heavy atom. The standard InChI is InChI=1S/C46H81O13P/c1-3-5-7-9-11-13-15-17-19-20-21-23-25-27-29-31-33-35-40(48)58-38(37-57-60(54,55)59-46-44(52)42(50)41(49)43(51)45(46)53)36-56-39(47)34-32-30-28-26-24-22-18-16-14-12-10-8-6-4-2/h5,7,11,13,17,19,21,23,38,41-46,49-53H,3-4,6,8-10,12,14-16,18,20,22,24-37H2,1-2H3,(H,54,55)/b7-5-,13-11-,19-17-,23-21-. The molecule has 0 heterocycles. The van der Waals surface area contributed by atoms with Gasteiger partial charge in [0.1, 0.15) is 43.2 Å². The maximum absolute atomic E-state index is 12.8. The fourth-order valence-corrected chi connectivity index (χ4v) is 7.72. The number of esters is 2. The molecule has 1 saturated carbocycles. The fraction of sp³-hybridized carbons (Fsp3) is 0.783. The molecule has 0 bridgehead atoms. The predicted octanol–water partition coefficient (Wildman–Crippen LogP) is 8.78. The molecule has 0 aromatic heterocycles. The molecule has 0 aromatic rings. The molecule has 0 amide bonds. The Bertz CT molecular complexity index is 1240. The first-order valence-corrected chi connectivity index (χ1v) is 24.4. The van der Waals surface area contributed by atoms with E-state index in [1.54, 1.807) is 0 Å². The largest absolute Gasteiger partial charge is 0.472 e. The van der Waals surface area contributed by atoms with Gasteiger partial charge >= 0.3 is 19.8 Å². The van der Waals surface area contributed by atoms with Crippen LogP contribution < -0.4 is 0 Å². The van der Waals surface area contributed by atoms with E-state index < -0.39 is 75.7 Å². The van der Waals surface area contributed by atoms with Crippen LogP contribution in [0.5, 0.6) is 0 Å². The molecule has 1 fully saturated rings. The van der Waals surface area contributed by atoms with Crippen LogP contribution in [0.2, 0.25) is 0 Å². The Kier molecular flexibility index (Phi) is 33.8. The van der Waals surface area contributed by atoms with Crippen molar-refractivity contribution in [2.75, 3.05) is 13.2 Å². The molecule has 1 aliphatic rings. The summed E-state index contributed by atoms with van der Waals surface area (Å²) in [5, 5.41) is 50.1. The summed E-state index contributed by atoms with van der Waals surface area (Å²) in [5.41, 5.74) is 0. The molecule has 14 heteroatoms. The van der Waals surface area contributed by atoms with E-state index in [0.717, 1.165) is 70.6 Å². The maximum atomic E-state index is 12.8. The van der Waals surface area contributed by atoms with Crippen LogP contribution in [0.25, 0.3) is 0 Å². The number of carbonyl (C=O) groups is 2. The molecule has 1 rings (SSSR count). The second-order valence-corrected chi connectivity index (χ2v) is 17.3. The lowest BCUT2D eigenvalue weighted by Crippen LogP contribution is -2.64. The molecule has 0 saturated heterocycles. The molecule has 6 unspecified atom stereocenters. The molecular formula is C46H81O13P. The Hall–Kier alpha value is -2.19. The van der Waals surface area contributed by atoms with E-state index in [9.17, 15) is 44.6 Å². The van der Waals surface area contributed by atoms with Gasteiger partial charge < -0.3 is 39.9 Å². The number of allylic oxidation sites excluding steroid dienone is 8. The highest BCUT2D eigenvalue weighted by Gasteiger charge is 2.51. The van der Waals surface area contributed by atoms with Crippen molar-refractivity contribution < 1.29 is 63.1 Å². The van der Waals surface area contributed by atoms with Crippen LogP contribution in [0.1, 0.15) is 174 Å². The lowest BCUT2D eigenvalue weighted by atomic mass is 9.85. The molecule has 0 radical (unpaired) electrons. The topological polar surface area (TPSA) is 210 Å². The van der Waals surface area contributed by atoms with Gasteiger partial charge in [0.25, 0.3) is 0 Å². The monoisotopic (exact) mass is 873 g/mol. The summed E-state index contributed by atoms with van der Waals surface area (Å²) in [7, 11) is -5.12. The third-order valence-electron chi connectivity index (χ3n) is 10.4. The number of phosphoric acid groups is 1. The van der Waals surface area contributed by atoms with Crippen LogP contribution in [-0.4, -0.2) is 98.3 Å². The van der Waals surface area contributed by atoms with Gasteiger partial charge in [0, 0.05) is 12.8 Å². The number of aliphatic hydroxyl groups excluding tert-OH is 5. The molecule has 0 spiro atoms. The summed E-state index contributed by atoms with van der Waals surface area (Å²) < 4.78 is 33.5. The van der Waals surface area contributed by atoms with Crippen molar-refractivity contribution >= 4 is 19.8 Å². The SMILES string of the molecule is CC/C=C\C/C=C\C/C=C\C/C=C\CCCCCCC(=O)OC(COC(=O)CCCCCCCCCCCCCCCC)COP(=O)(O)OC1C(O)C(O)C(O)C(O)C1O. The van der Waals surface area contributed by atoms with Crippen molar-refractivity contribution in [1.29, 1.82) is 0 Å². The zero-order valence-electron chi connectivity index (χ0n) is 36.7. The van der Waals surface area contributed by atoms with Crippen molar-refractivity contribution in [1.82, 2.24) is 0 Å². The zero-order valence-corrected chi connectivity index (χ0v) is 37.6. The van der Waals surface area contributed by atoms with Crippen molar-refractivity contribution in [3.8, 4) is 0 Å². The normalized spacial score (nSPS) is 22.6. The molecule has 60 heavy (non-hydrogen) atoms. The van der Waals surface area contributed by atoms with Crippen LogP contribution in [0, 0.1) is 0 Å². The first-order valence-electron chi connectivity index (χ1n) is 22.9. The number of carbonyl (C=O) groups excluding carboxylic acids is 2. The molecule has 0 aromatic carbocycles. The number of unbranched alkanes of at least 4 members (excludes halogenated alkanes) is 17. The van der Waals surface area contributed by atoms with E-state index in [-0.39, 0.29) is 12.8 Å². The lowest BCUT2D eigenvalue weighted by molar-refractivity contribution is -0.220. The zero-order chi connectivity index (χ0) is 44.3. The van der Waals surface area contributed by atoms with Crippen molar-refractivity contribution in [2.45, 2.75) is 217 Å². The predicted molar refractivity (Wildman–Crippen MR) is 235 cm³/mol. The van der Waals surface area contributed by atoms with Gasteiger partial charge in [-0.3, -0.25) is 18.6 Å². The van der Waals surface area contributed by atoms with E-state index in [1.165, 1.54) is 64.2 Å². The van der Waals surface area contributed by atoms with Gasteiger partial charge in [-0.05, 0) is 51.4 Å². The molecule has 348 valence electrons. The number of hydrogen-bond donors (Lipinski definition) is 6. The summed E-state index contributed by atoms with van der Waals surface area (Å²) in [6.07, 6.45) is 28.8. The summed E-state index contributed by atoms with van der Waals surface area (Å²) in [6, 6.07) is 0. The second kappa shape index (κ2) is 36.3. The first kappa shape index (κ1) is 55.8. The van der Waals surface area contributed by atoms with Gasteiger partial charge in [-0.1, -0.05) is 159 Å². The molecule has 0 aliphatic heterocycles. The third-order valence-corrected chi connectivity index (χ3v) is 11.4. The van der Waals surface area contributed by atoms with Crippen molar-refractivity contribution in [3.63, 3.8) is 0 Å². The van der Waals surface area contributed by atoms with Gasteiger partial charge in [0.15, 0.2) is 6.10 Å². The average Bonchev–Trinajstić information content (AvgIpc) is 3.23. The summed E-state index contributed by atoms with van der Waals surface area (Å²) >= 11 is 0. The van der Waals surface area contributed by atoms with Crippen LogP contribution in [0.3, 0.4) is 0 Å². The van der Waals surface area contributed by atoms with Crippen LogP contribution in [0.15, 0.2) is 48.6 Å². The number of aliphatic hydroxyl groups is 5. The van der Waals surface area contributed by atoms with E-state index in [2.05, 4.69) is 62.5 Å². The molecule has 6 N–H and O–H groups in total. The Morgan fingerprint density at radius 2 is 0.950 bits per heavy atom. The third kappa shape index (κ3) is 28.4. The Balaban J connectivity index is 2.48. The smallest absolute Gasteiger partial charge is 0.462 e. The highest BCUT2D eigenvalue weighted by atomic mass is 31.2. The van der Waals surface area contributed by atoms with Crippen molar-refractivity contribution in [3.05, 3.63) is 48.6 Å². The average molecular weight is 873 g/mol. The number of phosphoric ester groups is 1. The minimum atomic E-state index is -5.12. The summed E-state index contributed by atoms with van der Waals surface area (Å²) in [4.78, 5) is 35.7. The number of rotatable bonds is 37. The quantitative estimate of drug-likeness (QED) is 0.0149.